The maximum atomic E-state index is 5.25. The third-order valence-electron chi connectivity index (χ3n) is 2.76. The molecule has 0 fully saturated rings. The molecule has 0 aliphatic rings. The summed E-state index contributed by atoms with van der Waals surface area (Å²) in [5.41, 5.74) is -0.135. The van der Waals surface area contributed by atoms with Gasteiger partial charge in [-0.1, -0.05) is 32.0 Å². The van der Waals surface area contributed by atoms with Crippen LogP contribution in [0.5, 0.6) is 0 Å². The number of thiophene rings is 1. The quantitative estimate of drug-likeness (QED) is 0.669. The fourth-order valence-corrected chi connectivity index (χ4v) is 2.24. The maximum absolute atomic E-state index is 5.25. The van der Waals surface area contributed by atoms with Gasteiger partial charge in [0, 0.05) is 17.3 Å². The van der Waals surface area contributed by atoms with Crippen LogP contribution >= 0.6 is 11.3 Å². The van der Waals surface area contributed by atoms with E-state index in [4.69, 9.17) is 4.52 Å². The van der Waals surface area contributed by atoms with Crippen LogP contribution in [0.1, 0.15) is 37.4 Å². The first-order chi connectivity index (χ1) is 9.99. The Hall–Kier alpha value is -1.89. The second kappa shape index (κ2) is 6.71. The Labute approximate surface area is 128 Å². The highest BCUT2D eigenvalue weighted by Crippen LogP contribution is 2.19. The summed E-state index contributed by atoms with van der Waals surface area (Å²) in [6, 6.07) is 4.12. The minimum absolute atomic E-state index is 0.135. The molecule has 114 valence electrons. The molecule has 0 saturated heterocycles. The lowest BCUT2D eigenvalue weighted by Crippen LogP contribution is -2.36. The SMILES string of the molecule is CN=C(NCc1noc(C(C)(C)C)n1)NCc1cccs1. The molecule has 7 heteroatoms. The van der Waals surface area contributed by atoms with Gasteiger partial charge in [-0.25, -0.2) is 0 Å². The topological polar surface area (TPSA) is 75.3 Å². The van der Waals surface area contributed by atoms with Gasteiger partial charge in [0.25, 0.3) is 0 Å². The molecule has 2 heterocycles. The zero-order valence-corrected chi connectivity index (χ0v) is 13.6. The predicted octanol–water partition coefficient (Wildman–Crippen LogP) is 2.29. The largest absolute Gasteiger partial charge is 0.352 e. The zero-order valence-electron chi connectivity index (χ0n) is 12.8. The number of guanidine groups is 1. The van der Waals surface area contributed by atoms with Crippen LogP contribution in [0.25, 0.3) is 0 Å². The van der Waals surface area contributed by atoms with Crippen molar-refractivity contribution in [3.8, 4) is 0 Å². The van der Waals surface area contributed by atoms with Crippen molar-refractivity contribution in [1.29, 1.82) is 0 Å². The van der Waals surface area contributed by atoms with Crippen molar-refractivity contribution in [2.45, 2.75) is 39.3 Å². The lowest BCUT2D eigenvalue weighted by molar-refractivity contribution is 0.318. The Kier molecular flexibility index (Phi) is 4.95. The molecular weight excluding hydrogens is 286 g/mol. The van der Waals surface area contributed by atoms with Gasteiger partial charge in [0.1, 0.15) is 0 Å². The highest BCUT2D eigenvalue weighted by molar-refractivity contribution is 7.09. The van der Waals surface area contributed by atoms with Crippen LogP contribution in [0.4, 0.5) is 0 Å². The number of nitrogens with one attached hydrogen (secondary N) is 2. The maximum Gasteiger partial charge on any atom is 0.232 e. The minimum Gasteiger partial charge on any atom is -0.352 e. The highest BCUT2D eigenvalue weighted by Gasteiger charge is 2.21. The molecule has 2 N–H and O–H groups in total. The molecule has 0 aliphatic carbocycles. The Morgan fingerprint density at radius 3 is 2.67 bits per heavy atom. The second-order valence-electron chi connectivity index (χ2n) is 5.62. The molecule has 0 radical (unpaired) electrons. The van der Waals surface area contributed by atoms with E-state index in [9.17, 15) is 0 Å². The molecule has 0 atom stereocenters. The average Bonchev–Trinajstić information content (AvgIpc) is 3.09. The molecule has 0 bridgehead atoms. The van der Waals surface area contributed by atoms with Gasteiger partial charge >= 0.3 is 0 Å². The molecule has 0 amide bonds. The number of nitrogens with zero attached hydrogens (tertiary/aromatic N) is 3. The molecule has 0 spiro atoms. The monoisotopic (exact) mass is 307 g/mol. The molecule has 0 aliphatic heterocycles. The van der Waals surface area contributed by atoms with Crippen molar-refractivity contribution >= 4 is 17.3 Å². The van der Waals surface area contributed by atoms with Crippen molar-refractivity contribution in [3.05, 3.63) is 34.1 Å². The summed E-state index contributed by atoms with van der Waals surface area (Å²) < 4.78 is 5.25. The number of hydrogen-bond donors (Lipinski definition) is 2. The summed E-state index contributed by atoms with van der Waals surface area (Å²) in [5.74, 6) is 1.98. The van der Waals surface area contributed by atoms with E-state index in [0.717, 1.165) is 6.54 Å². The van der Waals surface area contributed by atoms with Crippen molar-refractivity contribution < 1.29 is 4.52 Å². The van der Waals surface area contributed by atoms with Gasteiger partial charge in [-0.2, -0.15) is 4.98 Å². The van der Waals surface area contributed by atoms with E-state index >= 15 is 0 Å². The van der Waals surface area contributed by atoms with Crippen LogP contribution in [0.2, 0.25) is 0 Å². The first-order valence-corrected chi connectivity index (χ1v) is 7.67. The van der Waals surface area contributed by atoms with E-state index in [1.807, 2.05) is 26.8 Å². The highest BCUT2D eigenvalue weighted by atomic mass is 32.1. The molecular formula is C14H21N5OS. The minimum atomic E-state index is -0.135. The first kappa shape index (κ1) is 15.5. The van der Waals surface area contributed by atoms with Crippen molar-refractivity contribution in [1.82, 2.24) is 20.8 Å². The average molecular weight is 307 g/mol. The molecule has 6 nitrogen and oxygen atoms in total. The number of hydrogen-bond acceptors (Lipinski definition) is 5. The van der Waals surface area contributed by atoms with Gasteiger partial charge in [0.2, 0.25) is 5.89 Å². The molecule has 0 saturated carbocycles. The second-order valence-corrected chi connectivity index (χ2v) is 6.66. The summed E-state index contributed by atoms with van der Waals surface area (Å²) in [5, 5.41) is 12.4. The third-order valence-corrected chi connectivity index (χ3v) is 3.63. The summed E-state index contributed by atoms with van der Waals surface area (Å²) in [6.07, 6.45) is 0. The van der Waals surface area contributed by atoms with Crippen molar-refractivity contribution in [2.75, 3.05) is 7.05 Å². The van der Waals surface area contributed by atoms with Crippen LogP contribution in [0.3, 0.4) is 0 Å². The molecule has 2 aromatic rings. The van der Waals surface area contributed by atoms with E-state index in [-0.39, 0.29) is 5.41 Å². The smallest absolute Gasteiger partial charge is 0.232 e. The lowest BCUT2D eigenvalue weighted by Gasteiger charge is -2.10. The number of aromatic nitrogens is 2. The molecule has 21 heavy (non-hydrogen) atoms. The van der Waals surface area contributed by atoms with Crippen LogP contribution in [-0.4, -0.2) is 23.1 Å². The van der Waals surface area contributed by atoms with Crippen LogP contribution < -0.4 is 10.6 Å². The molecule has 2 rings (SSSR count). The Morgan fingerprint density at radius 2 is 2.10 bits per heavy atom. The van der Waals surface area contributed by atoms with Gasteiger partial charge in [0.05, 0.1) is 13.1 Å². The fraction of sp³-hybridized carbons (Fsp3) is 0.500. The van der Waals surface area contributed by atoms with Gasteiger partial charge in [-0.05, 0) is 11.4 Å². The summed E-state index contributed by atoms with van der Waals surface area (Å²) >= 11 is 1.71. The third kappa shape index (κ3) is 4.56. The van der Waals surface area contributed by atoms with Gasteiger partial charge in [-0.3, -0.25) is 4.99 Å². The van der Waals surface area contributed by atoms with E-state index in [1.54, 1.807) is 18.4 Å². The van der Waals surface area contributed by atoms with E-state index in [0.29, 0.717) is 24.2 Å². The van der Waals surface area contributed by atoms with Gasteiger partial charge in [0.15, 0.2) is 11.8 Å². The first-order valence-electron chi connectivity index (χ1n) is 6.79. The summed E-state index contributed by atoms with van der Waals surface area (Å²) in [6.45, 7) is 7.35. The van der Waals surface area contributed by atoms with Crippen molar-refractivity contribution in [3.63, 3.8) is 0 Å². The Bertz CT molecular complexity index is 583. The molecule has 0 unspecified atom stereocenters. The Morgan fingerprint density at radius 1 is 1.33 bits per heavy atom. The molecule has 2 aromatic heterocycles. The number of rotatable bonds is 4. The number of aliphatic imine (C=N–C) groups is 1. The van der Waals surface area contributed by atoms with E-state index in [2.05, 4.69) is 37.2 Å². The van der Waals surface area contributed by atoms with E-state index < -0.39 is 0 Å². The zero-order chi connectivity index (χ0) is 15.3. The lowest BCUT2D eigenvalue weighted by atomic mass is 9.97. The van der Waals surface area contributed by atoms with E-state index in [1.165, 1.54) is 4.88 Å². The van der Waals surface area contributed by atoms with Crippen LogP contribution in [0, 0.1) is 0 Å². The Balaban J connectivity index is 1.84. The standard InChI is InChI=1S/C14H21N5OS/c1-14(2,3)12-18-11(19-20-12)9-17-13(15-4)16-8-10-6-5-7-21-10/h5-7H,8-9H2,1-4H3,(H2,15,16,17). The normalized spacial score (nSPS) is 12.5. The van der Waals surface area contributed by atoms with Crippen LogP contribution in [-0.2, 0) is 18.5 Å². The van der Waals surface area contributed by atoms with Gasteiger partial charge < -0.3 is 15.2 Å². The van der Waals surface area contributed by atoms with Crippen LogP contribution in [0.15, 0.2) is 27.0 Å². The predicted molar refractivity (Wildman–Crippen MR) is 84.4 cm³/mol. The molecule has 0 aromatic carbocycles. The summed E-state index contributed by atoms with van der Waals surface area (Å²) in [4.78, 5) is 9.80. The van der Waals surface area contributed by atoms with Crippen molar-refractivity contribution in [2.24, 2.45) is 4.99 Å². The summed E-state index contributed by atoms with van der Waals surface area (Å²) in [7, 11) is 1.74. The van der Waals surface area contributed by atoms with Gasteiger partial charge in [-0.15, -0.1) is 11.3 Å². The fourth-order valence-electron chi connectivity index (χ4n) is 1.60.